The second kappa shape index (κ2) is 7.41. The van der Waals surface area contributed by atoms with E-state index in [2.05, 4.69) is 4.98 Å². The SMILES string of the molecule is Nc1cnc(-c2ccc(C(F)(F)CNC(=O)O)cc2)c(-c2ccccc2)c1. The molecule has 1 aromatic heterocycles. The molecule has 4 N–H and O–H groups in total. The molecule has 0 bridgehead atoms. The van der Waals surface area contributed by atoms with Crippen molar-refractivity contribution >= 4 is 11.8 Å². The largest absolute Gasteiger partial charge is 0.465 e. The van der Waals surface area contributed by atoms with E-state index in [9.17, 15) is 13.6 Å². The molecule has 0 fully saturated rings. The van der Waals surface area contributed by atoms with E-state index in [0.29, 0.717) is 16.9 Å². The van der Waals surface area contributed by atoms with Crippen LogP contribution in [0.3, 0.4) is 0 Å². The van der Waals surface area contributed by atoms with E-state index in [1.807, 2.05) is 30.3 Å². The Morgan fingerprint density at radius 3 is 2.37 bits per heavy atom. The van der Waals surface area contributed by atoms with Gasteiger partial charge in [-0.15, -0.1) is 0 Å². The smallest absolute Gasteiger partial charge is 0.404 e. The Morgan fingerprint density at radius 1 is 1.07 bits per heavy atom. The Labute approximate surface area is 154 Å². The van der Waals surface area contributed by atoms with Crippen molar-refractivity contribution in [2.24, 2.45) is 0 Å². The monoisotopic (exact) mass is 369 g/mol. The molecule has 0 atom stereocenters. The van der Waals surface area contributed by atoms with Gasteiger partial charge in [0.15, 0.2) is 0 Å². The number of nitrogens with one attached hydrogen (secondary N) is 1. The summed E-state index contributed by atoms with van der Waals surface area (Å²) in [5.41, 5.74) is 9.06. The van der Waals surface area contributed by atoms with Crippen LogP contribution in [0.25, 0.3) is 22.4 Å². The number of pyridine rings is 1. The minimum absolute atomic E-state index is 0.281. The molecule has 1 amide bonds. The maximum Gasteiger partial charge on any atom is 0.404 e. The summed E-state index contributed by atoms with van der Waals surface area (Å²) in [6, 6.07) is 16.9. The summed E-state index contributed by atoms with van der Waals surface area (Å²) in [5, 5.41) is 10.2. The van der Waals surface area contributed by atoms with E-state index < -0.39 is 18.6 Å². The molecule has 7 heteroatoms. The molecule has 0 aliphatic carbocycles. The van der Waals surface area contributed by atoms with Crippen LogP contribution in [0.15, 0.2) is 66.9 Å². The molecule has 0 spiro atoms. The standard InChI is InChI=1S/C20H17F2N3O2/c21-20(22,12-25-19(26)27)15-8-6-14(7-9-15)18-17(10-16(23)11-24-18)13-4-2-1-3-5-13/h1-11,25H,12,23H2,(H,26,27). The Kier molecular flexibility index (Phi) is 5.03. The maximum absolute atomic E-state index is 14.1. The Hall–Kier alpha value is -3.48. The number of nitrogens with zero attached hydrogens (tertiary/aromatic N) is 1. The Bertz CT molecular complexity index is 945. The fourth-order valence-electron chi connectivity index (χ4n) is 2.71. The van der Waals surface area contributed by atoms with Crippen molar-refractivity contribution < 1.29 is 18.7 Å². The maximum atomic E-state index is 14.1. The van der Waals surface area contributed by atoms with Gasteiger partial charge in [0.1, 0.15) is 0 Å². The number of anilines is 1. The first-order valence-electron chi connectivity index (χ1n) is 8.13. The molecule has 0 aliphatic heterocycles. The van der Waals surface area contributed by atoms with E-state index in [1.165, 1.54) is 30.5 Å². The number of halogens is 2. The Balaban J connectivity index is 1.95. The minimum Gasteiger partial charge on any atom is -0.465 e. The average molecular weight is 369 g/mol. The van der Waals surface area contributed by atoms with Crippen molar-refractivity contribution in [3.63, 3.8) is 0 Å². The van der Waals surface area contributed by atoms with Crippen molar-refractivity contribution in [1.82, 2.24) is 10.3 Å². The molecule has 3 rings (SSSR count). The van der Waals surface area contributed by atoms with E-state index in [1.54, 1.807) is 11.4 Å². The first-order chi connectivity index (χ1) is 12.9. The van der Waals surface area contributed by atoms with Crippen molar-refractivity contribution in [3.8, 4) is 22.4 Å². The van der Waals surface area contributed by atoms with Gasteiger partial charge in [-0.2, -0.15) is 8.78 Å². The third-order valence-electron chi connectivity index (χ3n) is 4.04. The second-order valence-electron chi connectivity index (χ2n) is 5.97. The van der Waals surface area contributed by atoms with Crippen LogP contribution in [0.2, 0.25) is 0 Å². The zero-order valence-corrected chi connectivity index (χ0v) is 14.2. The van der Waals surface area contributed by atoms with E-state index in [0.717, 1.165) is 11.1 Å². The van der Waals surface area contributed by atoms with Gasteiger partial charge in [-0.1, -0.05) is 54.6 Å². The normalized spacial score (nSPS) is 11.2. The van der Waals surface area contributed by atoms with Gasteiger partial charge in [-0.25, -0.2) is 4.79 Å². The van der Waals surface area contributed by atoms with Gasteiger partial charge in [-0.05, 0) is 11.6 Å². The number of benzene rings is 2. The molecular weight excluding hydrogens is 352 g/mol. The number of nitrogen functional groups attached to an aromatic ring is 1. The van der Waals surface area contributed by atoms with Gasteiger partial charge in [0, 0.05) is 16.7 Å². The number of rotatable bonds is 5. The highest BCUT2D eigenvalue weighted by atomic mass is 19.3. The summed E-state index contributed by atoms with van der Waals surface area (Å²) in [7, 11) is 0. The van der Waals surface area contributed by atoms with Crippen LogP contribution >= 0.6 is 0 Å². The minimum atomic E-state index is -3.31. The van der Waals surface area contributed by atoms with Crippen LogP contribution in [0.4, 0.5) is 19.3 Å². The van der Waals surface area contributed by atoms with Crippen molar-refractivity contribution in [2.45, 2.75) is 5.92 Å². The summed E-state index contributed by atoms with van der Waals surface area (Å²) in [6.45, 7) is -0.989. The van der Waals surface area contributed by atoms with Gasteiger partial charge in [0.05, 0.1) is 24.1 Å². The number of alkyl halides is 2. The number of aromatic nitrogens is 1. The van der Waals surface area contributed by atoms with Crippen LogP contribution in [-0.4, -0.2) is 22.7 Å². The second-order valence-corrected chi connectivity index (χ2v) is 5.97. The lowest BCUT2D eigenvalue weighted by molar-refractivity contribution is -0.00217. The highest BCUT2D eigenvalue weighted by molar-refractivity contribution is 5.82. The lowest BCUT2D eigenvalue weighted by Gasteiger charge is -2.17. The third-order valence-corrected chi connectivity index (χ3v) is 4.04. The fraction of sp³-hybridized carbons (Fsp3) is 0.100. The van der Waals surface area contributed by atoms with Gasteiger partial charge in [-0.3, -0.25) is 4.98 Å². The molecule has 138 valence electrons. The van der Waals surface area contributed by atoms with Crippen molar-refractivity contribution in [3.05, 3.63) is 72.4 Å². The lowest BCUT2D eigenvalue weighted by atomic mass is 9.97. The number of amides is 1. The third kappa shape index (κ3) is 4.20. The van der Waals surface area contributed by atoms with Gasteiger partial charge in [0.2, 0.25) is 0 Å². The summed E-state index contributed by atoms with van der Waals surface area (Å²) in [5.74, 6) is -3.31. The van der Waals surface area contributed by atoms with E-state index in [4.69, 9.17) is 10.8 Å². The zero-order valence-electron chi connectivity index (χ0n) is 14.2. The molecule has 0 unspecified atom stereocenters. The van der Waals surface area contributed by atoms with Crippen LogP contribution in [-0.2, 0) is 5.92 Å². The molecular formula is C20H17F2N3O2. The average Bonchev–Trinajstić information content (AvgIpc) is 2.67. The molecule has 0 aliphatic rings. The van der Waals surface area contributed by atoms with Crippen LogP contribution in [0.1, 0.15) is 5.56 Å². The van der Waals surface area contributed by atoms with E-state index in [-0.39, 0.29) is 5.56 Å². The van der Waals surface area contributed by atoms with Crippen molar-refractivity contribution in [2.75, 3.05) is 12.3 Å². The molecule has 1 heterocycles. The number of nitrogens with two attached hydrogens (primary N) is 1. The summed E-state index contributed by atoms with van der Waals surface area (Å²) >= 11 is 0. The van der Waals surface area contributed by atoms with Crippen LogP contribution < -0.4 is 11.1 Å². The lowest BCUT2D eigenvalue weighted by Crippen LogP contribution is -2.33. The molecule has 5 nitrogen and oxygen atoms in total. The number of hydrogen-bond acceptors (Lipinski definition) is 3. The van der Waals surface area contributed by atoms with Crippen molar-refractivity contribution in [1.29, 1.82) is 0 Å². The molecule has 0 radical (unpaired) electrons. The first kappa shape index (κ1) is 18.3. The summed E-state index contributed by atoms with van der Waals surface area (Å²) < 4.78 is 28.2. The molecule has 3 aromatic rings. The summed E-state index contributed by atoms with van der Waals surface area (Å²) in [6.07, 6.45) is 0.0195. The molecule has 0 saturated heterocycles. The topological polar surface area (TPSA) is 88.2 Å². The number of carboxylic acid groups (broad SMARTS) is 1. The highest BCUT2D eigenvalue weighted by Gasteiger charge is 2.32. The predicted octanol–water partition coefficient (Wildman–Crippen LogP) is 4.36. The molecule has 0 saturated carbocycles. The van der Waals surface area contributed by atoms with E-state index >= 15 is 0 Å². The predicted molar refractivity (Wildman–Crippen MR) is 99.4 cm³/mol. The number of carbonyl (C=O) groups is 1. The summed E-state index contributed by atoms with van der Waals surface area (Å²) in [4.78, 5) is 14.8. The highest BCUT2D eigenvalue weighted by Crippen LogP contribution is 2.34. The molecule has 27 heavy (non-hydrogen) atoms. The zero-order chi connectivity index (χ0) is 19.4. The van der Waals surface area contributed by atoms with Gasteiger partial charge in [0.25, 0.3) is 5.92 Å². The van der Waals surface area contributed by atoms with Crippen LogP contribution in [0.5, 0.6) is 0 Å². The fourth-order valence-corrected chi connectivity index (χ4v) is 2.71. The molecule has 2 aromatic carbocycles. The Morgan fingerprint density at radius 2 is 1.74 bits per heavy atom. The van der Waals surface area contributed by atoms with Crippen LogP contribution in [0, 0.1) is 0 Å². The number of hydrogen-bond donors (Lipinski definition) is 3. The quantitative estimate of drug-likeness (QED) is 0.624. The van der Waals surface area contributed by atoms with Gasteiger partial charge < -0.3 is 16.2 Å². The first-order valence-corrected chi connectivity index (χ1v) is 8.13. The van der Waals surface area contributed by atoms with Gasteiger partial charge >= 0.3 is 6.09 Å².